The van der Waals surface area contributed by atoms with Gasteiger partial charge in [0.05, 0.1) is 24.1 Å². The molecule has 1 aliphatic rings. The number of rotatable bonds is 10. The van der Waals surface area contributed by atoms with Crippen molar-refractivity contribution >= 4 is 29.3 Å². The molecule has 0 radical (unpaired) electrons. The maximum Gasteiger partial charge on any atom is 0.308 e. The summed E-state index contributed by atoms with van der Waals surface area (Å²) in [6.07, 6.45) is 3.53. The Morgan fingerprint density at radius 2 is 1.94 bits per heavy atom. The number of carbonyl (C=O) groups excluding carboxylic acids is 3. The van der Waals surface area contributed by atoms with E-state index >= 15 is 0 Å². The molecule has 1 heterocycles. The molecule has 7 nitrogen and oxygen atoms in total. The summed E-state index contributed by atoms with van der Waals surface area (Å²) in [5.41, 5.74) is -0.0130. The van der Waals surface area contributed by atoms with Crippen molar-refractivity contribution in [3.8, 4) is 0 Å². The van der Waals surface area contributed by atoms with Crippen molar-refractivity contribution in [3.63, 3.8) is 0 Å². The second kappa shape index (κ2) is 11.1. The highest BCUT2D eigenvalue weighted by Gasteiger charge is 2.38. The summed E-state index contributed by atoms with van der Waals surface area (Å²) in [5, 5.41) is 8.58. The first-order chi connectivity index (χ1) is 14.7. The molecule has 0 saturated carbocycles. The Morgan fingerprint density at radius 1 is 1.26 bits per heavy atom. The summed E-state index contributed by atoms with van der Waals surface area (Å²) in [6, 6.07) is 9.14. The summed E-state index contributed by atoms with van der Waals surface area (Å²) in [6.45, 7) is 9.89. The van der Waals surface area contributed by atoms with Crippen LogP contribution < -0.4 is 10.3 Å². The number of hydrogen-bond donors (Lipinski definition) is 1. The number of amides is 2. The molecule has 0 saturated heterocycles. The van der Waals surface area contributed by atoms with E-state index in [9.17, 15) is 14.4 Å². The highest BCUT2D eigenvalue weighted by Crippen LogP contribution is 2.31. The molecule has 0 fully saturated rings. The third-order valence-corrected chi connectivity index (χ3v) is 6.04. The van der Waals surface area contributed by atoms with Gasteiger partial charge in [0.1, 0.15) is 5.84 Å². The average molecular weight is 430 g/mol. The van der Waals surface area contributed by atoms with Gasteiger partial charge >= 0.3 is 5.97 Å². The molecule has 3 atom stereocenters. The molecule has 2 amide bonds. The van der Waals surface area contributed by atoms with Crippen molar-refractivity contribution in [1.82, 2.24) is 5.32 Å². The minimum absolute atomic E-state index is 0.178. The average Bonchev–Trinajstić information content (AvgIpc) is 3.06. The minimum Gasteiger partial charge on any atom is -0.465 e. The van der Waals surface area contributed by atoms with Gasteiger partial charge in [-0.1, -0.05) is 52.3 Å². The van der Waals surface area contributed by atoms with E-state index in [1.54, 1.807) is 19.1 Å². The Kier molecular flexibility index (Phi) is 8.77. The van der Waals surface area contributed by atoms with Gasteiger partial charge in [0, 0.05) is 5.41 Å². The largest absolute Gasteiger partial charge is 0.465 e. The van der Waals surface area contributed by atoms with Crippen LogP contribution in [-0.2, 0) is 19.1 Å². The van der Waals surface area contributed by atoms with E-state index in [0.717, 1.165) is 12.8 Å². The summed E-state index contributed by atoms with van der Waals surface area (Å²) < 4.78 is 5.29. The van der Waals surface area contributed by atoms with Crippen LogP contribution in [0.2, 0.25) is 0 Å². The number of hydrazone groups is 1. The van der Waals surface area contributed by atoms with Crippen LogP contribution in [0.4, 0.5) is 5.69 Å². The first kappa shape index (κ1) is 24.6. The van der Waals surface area contributed by atoms with Gasteiger partial charge in [0.25, 0.3) is 5.91 Å². The molecular weight excluding hydrogens is 394 g/mol. The molecule has 1 aromatic carbocycles. The second-order valence-corrected chi connectivity index (χ2v) is 8.52. The van der Waals surface area contributed by atoms with Crippen LogP contribution in [0.25, 0.3) is 0 Å². The predicted octanol–water partition coefficient (Wildman–Crippen LogP) is 4.27. The SMILES string of the molecule is CCCCOC(=O)C(C)CCC(C)(CC)C(=O)NC1=NN(c2ccccc2)C(=O)C1C. The van der Waals surface area contributed by atoms with Gasteiger partial charge in [-0.3, -0.25) is 14.4 Å². The molecular formula is C24H35N3O4. The predicted molar refractivity (Wildman–Crippen MR) is 121 cm³/mol. The van der Waals surface area contributed by atoms with Crippen LogP contribution in [0.15, 0.2) is 35.4 Å². The standard InChI is InChI=1S/C24H35N3O4/c1-6-8-16-31-22(29)17(3)14-15-24(5,7-2)23(30)25-20-18(4)21(28)27(26-20)19-12-10-9-11-13-19/h9-13,17-18H,6-8,14-16H2,1-5H3,(H,25,26,30). The normalized spacial score (nSPS) is 18.9. The van der Waals surface area contributed by atoms with Crippen LogP contribution in [0.5, 0.6) is 0 Å². The number of nitrogens with one attached hydrogen (secondary N) is 1. The van der Waals surface area contributed by atoms with Crippen molar-refractivity contribution in [2.24, 2.45) is 22.4 Å². The number of amidine groups is 1. The number of carbonyl (C=O) groups is 3. The van der Waals surface area contributed by atoms with Crippen LogP contribution in [0.1, 0.15) is 66.7 Å². The van der Waals surface area contributed by atoms with E-state index in [-0.39, 0.29) is 23.7 Å². The van der Waals surface area contributed by atoms with Gasteiger partial charge in [0.15, 0.2) is 0 Å². The molecule has 1 aliphatic heterocycles. The van der Waals surface area contributed by atoms with Gasteiger partial charge in [0.2, 0.25) is 5.91 Å². The van der Waals surface area contributed by atoms with Crippen LogP contribution in [0.3, 0.4) is 0 Å². The Hall–Kier alpha value is -2.70. The zero-order valence-electron chi connectivity index (χ0n) is 19.3. The maximum absolute atomic E-state index is 13.1. The number of ether oxygens (including phenoxy) is 1. The van der Waals surface area contributed by atoms with Crippen LogP contribution in [0, 0.1) is 17.3 Å². The van der Waals surface area contributed by atoms with E-state index in [0.29, 0.717) is 37.4 Å². The number of unbranched alkanes of at least 4 members (excludes halogenated alkanes) is 1. The highest BCUT2D eigenvalue weighted by atomic mass is 16.5. The topological polar surface area (TPSA) is 88.1 Å². The fourth-order valence-electron chi connectivity index (χ4n) is 3.26. The fraction of sp³-hybridized carbons (Fsp3) is 0.583. The second-order valence-electron chi connectivity index (χ2n) is 8.52. The van der Waals surface area contributed by atoms with E-state index in [1.807, 2.05) is 45.9 Å². The molecule has 7 heteroatoms. The Labute approximate surface area is 185 Å². The highest BCUT2D eigenvalue weighted by molar-refractivity contribution is 6.18. The van der Waals surface area contributed by atoms with E-state index < -0.39 is 11.3 Å². The van der Waals surface area contributed by atoms with Crippen molar-refractivity contribution in [2.75, 3.05) is 11.6 Å². The van der Waals surface area contributed by atoms with Crippen LogP contribution in [-0.4, -0.2) is 30.2 Å². The van der Waals surface area contributed by atoms with Crippen molar-refractivity contribution in [3.05, 3.63) is 30.3 Å². The Balaban J connectivity index is 2.01. The molecule has 0 spiro atoms. The monoisotopic (exact) mass is 429 g/mol. The first-order valence-electron chi connectivity index (χ1n) is 11.2. The summed E-state index contributed by atoms with van der Waals surface area (Å²) >= 11 is 0. The summed E-state index contributed by atoms with van der Waals surface area (Å²) in [5.74, 6) is -1.03. The smallest absolute Gasteiger partial charge is 0.308 e. The van der Waals surface area contributed by atoms with Crippen molar-refractivity contribution in [1.29, 1.82) is 0 Å². The molecule has 31 heavy (non-hydrogen) atoms. The molecule has 2 rings (SSSR count). The molecule has 3 unspecified atom stereocenters. The van der Waals surface area contributed by atoms with Gasteiger partial charge in [-0.25, -0.2) is 0 Å². The van der Waals surface area contributed by atoms with E-state index in [2.05, 4.69) is 10.4 Å². The quantitative estimate of drug-likeness (QED) is 0.444. The third kappa shape index (κ3) is 6.15. The van der Waals surface area contributed by atoms with Gasteiger partial charge < -0.3 is 10.1 Å². The fourth-order valence-corrected chi connectivity index (χ4v) is 3.26. The zero-order valence-corrected chi connectivity index (χ0v) is 19.3. The number of benzene rings is 1. The molecule has 0 bridgehead atoms. The van der Waals surface area contributed by atoms with Gasteiger partial charge in [-0.2, -0.15) is 10.1 Å². The molecule has 0 aliphatic carbocycles. The van der Waals surface area contributed by atoms with Gasteiger partial charge in [-0.05, 0) is 44.7 Å². The molecule has 1 aromatic rings. The number of anilines is 1. The number of nitrogens with zero attached hydrogens (tertiary/aromatic N) is 2. The molecule has 0 aromatic heterocycles. The summed E-state index contributed by atoms with van der Waals surface area (Å²) in [4.78, 5) is 37.9. The number of hydrogen-bond acceptors (Lipinski definition) is 5. The summed E-state index contributed by atoms with van der Waals surface area (Å²) in [7, 11) is 0. The Bertz CT molecular complexity index is 808. The lowest BCUT2D eigenvalue weighted by Crippen LogP contribution is -2.44. The Morgan fingerprint density at radius 3 is 2.55 bits per heavy atom. The number of esters is 1. The van der Waals surface area contributed by atoms with E-state index in [4.69, 9.17) is 4.74 Å². The van der Waals surface area contributed by atoms with E-state index in [1.165, 1.54) is 5.01 Å². The van der Waals surface area contributed by atoms with Crippen LogP contribution >= 0.6 is 0 Å². The third-order valence-electron chi connectivity index (χ3n) is 6.04. The molecule has 1 N–H and O–H groups in total. The van der Waals surface area contributed by atoms with Gasteiger partial charge in [-0.15, -0.1) is 0 Å². The zero-order chi connectivity index (χ0) is 23.0. The van der Waals surface area contributed by atoms with Crippen molar-refractivity contribution < 1.29 is 19.1 Å². The number of para-hydroxylation sites is 1. The lowest BCUT2D eigenvalue weighted by atomic mass is 9.79. The van der Waals surface area contributed by atoms with Crippen molar-refractivity contribution in [2.45, 2.75) is 66.7 Å². The first-order valence-corrected chi connectivity index (χ1v) is 11.2. The lowest BCUT2D eigenvalue weighted by molar-refractivity contribution is -0.149. The minimum atomic E-state index is -0.677. The molecule has 170 valence electrons. The lowest BCUT2D eigenvalue weighted by Gasteiger charge is -2.28. The maximum atomic E-state index is 13.1.